The van der Waals surface area contributed by atoms with Crippen molar-refractivity contribution in [1.82, 2.24) is 0 Å². The summed E-state index contributed by atoms with van der Waals surface area (Å²) in [6.45, 7) is 3.94. The van der Waals surface area contributed by atoms with Crippen molar-refractivity contribution in [2.24, 2.45) is 0 Å². The van der Waals surface area contributed by atoms with Gasteiger partial charge in [-0.3, -0.25) is 0 Å². The largest absolute Gasteiger partial charge is 0.396 e. The van der Waals surface area contributed by atoms with Crippen LogP contribution < -0.4 is 0 Å². The first kappa shape index (κ1) is 17.4. The van der Waals surface area contributed by atoms with Gasteiger partial charge in [0.1, 0.15) is 0 Å². The molecule has 0 aliphatic carbocycles. The molecule has 0 aliphatic heterocycles. The number of rotatable bonds is 8. The van der Waals surface area contributed by atoms with Gasteiger partial charge in [-0.05, 0) is 32.6 Å². The van der Waals surface area contributed by atoms with Crippen molar-refractivity contribution in [2.45, 2.75) is 45.4 Å². The van der Waals surface area contributed by atoms with Crippen molar-refractivity contribution in [1.29, 1.82) is 0 Å². The summed E-state index contributed by atoms with van der Waals surface area (Å²) in [5, 5.41) is 8.22. The van der Waals surface area contributed by atoms with Crippen LogP contribution in [0.2, 0.25) is 0 Å². The smallest absolute Gasteiger partial charge is 0.0466 e. The number of aliphatic hydroxyl groups excluding tert-OH is 1. The molecule has 2 nitrogen and oxygen atoms in total. The minimum atomic E-state index is 0.266. The molecule has 0 rings (SSSR count). The maximum Gasteiger partial charge on any atom is 0.0466 e. The normalized spacial score (nSPS) is 8.50. The van der Waals surface area contributed by atoms with E-state index in [9.17, 15) is 0 Å². The third-order valence-corrected chi connectivity index (χ3v) is 1.79. The highest BCUT2D eigenvalue weighted by molar-refractivity contribution is 4.83. The van der Waals surface area contributed by atoms with Crippen LogP contribution in [-0.4, -0.2) is 24.9 Å². The Bertz CT molecular complexity index is 186. The third kappa shape index (κ3) is 23.1. The van der Waals surface area contributed by atoms with Gasteiger partial charge in [0.2, 0.25) is 0 Å². The Labute approximate surface area is 100 Å². The van der Waals surface area contributed by atoms with E-state index in [-0.39, 0.29) is 6.61 Å². The van der Waals surface area contributed by atoms with Gasteiger partial charge in [-0.2, -0.15) is 0 Å². The van der Waals surface area contributed by atoms with Crippen LogP contribution in [0.4, 0.5) is 0 Å². The van der Waals surface area contributed by atoms with Gasteiger partial charge in [-0.15, -0.1) is 24.7 Å². The van der Waals surface area contributed by atoms with Gasteiger partial charge in [0.25, 0.3) is 0 Å². The van der Waals surface area contributed by atoms with Gasteiger partial charge in [-0.1, -0.05) is 0 Å². The molecule has 0 atom stereocenters. The van der Waals surface area contributed by atoms with Crippen molar-refractivity contribution in [2.75, 3.05) is 19.8 Å². The second kappa shape index (κ2) is 19.6. The van der Waals surface area contributed by atoms with Gasteiger partial charge >= 0.3 is 0 Å². The topological polar surface area (TPSA) is 29.5 Å². The van der Waals surface area contributed by atoms with Gasteiger partial charge in [0, 0.05) is 32.7 Å². The number of aliphatic hydroxyl groups is 1. The SMILES string of the molecule is C#CCCCCO.C#CCCCCOCC. The fourth-order valence-electron chi connectivity index (χ4n) is 0.914. The Kier molecular flexibility index (Phi) is 21.3. The molecule has 0 fully saturated rings. The molecule has 92 valence electrons. The first-order valence-corrected chi connectivity index (χ1v) is 5.89. The zero-order valence-corrected chi connectivity index (χ0v) is 10.4. The molecule has 0 aromatic carbocycles. The lowest BCUT2D eigenvalue weighted by atomic mass is 10.2. The molecule has 0 radical (unpaired) electrons. The van der Waals surface area contributed by atoms with E-state index in [1.165, 1.54) is 0 Å². The second-order valence-corrected chi connectivity index (χ2v) is 3.24. The van der Waals surface area contributed by atoms with E-state index < -0.39 is 0 Å². The van der Waals surface area contributed by atoms with Gasteiger partial charge in [0.15, 0.2) is 0 Å². The van der Waals surface area contributed by atoms with Crippen molar-refractivity contribution in [3.8, 4) is 24.7 Å². The second-order valence-electron chi connectivity index (χ2n) is 3.24. The molecule has 1 N–H and O–H groups in total. The van der Waals surface area contributed by atoms with Crippen LogP contribution in [0, 0.1) is 24.7 Å². The maximum atomic E-state index is 8.22. The lowest BCUT2D eigenvalue weighted by Crippen LogP contribution is -1.92. The Balaban J connectivity index is 0. The summed E-state index contributed by atoms with van der Waals surface area (Å²) >= 11 is 0. The molecule has 0 amide bonds. The fraction of sp³-hybridized carbons (Fsp3) is 0.714. The molecule has 0 bridgehead atoms. The molecule has 0 saturated carbocycles. The maximum absolute atomic E-state index is 8.22. The average molecular weight is 224 g/mol. The lowest BCUT2D eigenvalue weighted by molar-refractivity contribution is 0.144. The fourth-order valence-corrected chi connectivity index (χ4v) is 0.914. The van der Waals surface area contributed by atoms with Crippen LogP contribution >= 0.6 is 0 Å². The summed E-state index contributed by atoms with van der Waals surface area (Å²) in [5.74, 6) is 5.08. The summed E-state index contributed by atoms with van der Waals surface area (Å²) in [7, 11) is 0. The number of hydrogen-bond acceptors (Lipinski definition) is 2. The zero-order valence-electron chi connectivity index (χ0n) is 10.4. The average Bonchev–Trinajstić information content (AvgIpc) is 2.31. The van der Waals surface area contributed by atoms with Crippen molar-refractivity contribution in [3.05, 3.63) is 0 Å². The van der Waals surface area contributed by atoms with Gasteiger partial charge < -0.3 is 9.84 Å². The number of terminal acetylenes is 2. The van der Waals surface area contributed by atoms with E-state index in [0.29, 0.717) is 0 Å². The standard InChI is InChI=1S/C8H14O.C6H10O/c1-3-5-6-7-8-9-4-2;1-2-3-4-5-6-7/h1H,4-8H2,2H3;1,7H,3-6H2. The molecule has 0 spiro atoms. The van der Waals surface area contributed by atoms with Crippen molar-refractivity contribution in [3.63, 3.8) is 0 Å². The molecule has 0 unspecified atom stereocenters. The predicted molar refractivity (Wildman–Crippen MR) is 68.9 cm³/mol. The third-order valence-electron chi connectivity index (χ3n) is 1.79. The number of unbranched alkanes of at least 4 members (excludes halogenated alkanes) is 4. The summed E-state index contributed by atoms with van der Waals surface area (Å²) in [6, 6.07) is 0. The van der Waals surface area contributed by atoms with E-state index in [2.05, 4.69) is 11.8 Å². The lowest BCUT2D eigenvalue weighted by Gasteiger charge is -1.96. The van der Waals surface area contributed by atoms with E-state index >= 15 is 0 Å². The van der Waals surface area contributed by atoms with Crippen LogP contribution in [0.3, 0.4) is 0 Å². The molecule has 0 aromatic rings. The van der Waals surface area contributed by atoms with Gasteiger partial charge in [-0.25, -0.2) is 0 Å². The van der Waals surface area contributed by atoms with E-state index in [4.69, 9.17) is 22.7 Å². The molecule has 0 saturated heterocycles. The van der Waals surface area contributed by atoms with Crippen molar-refractivity contribution >= 4 is 0 Å². The Hall–Kier alpha value is -0.960. The predicted octanol–water partition coefficient (Wildman–Crippen LogP) is 2.61. The van der Waals surface area contributed by atoms with Crippen LogP contribution in [0.1, 0.15) is 45.4 Å². The summed E-state index contributed by atoms with van der Waals surface area (Å²) in [4.78, 5) is 0. The first-order chi connectivity index (χ1) is 7.83. The van der Waals surface area contributed by atoms with Crippen LogP contribution in [0.5, 0.6) is 0 Å². The molecule has 0 heterocycles. The van der Waals surface area contributed by atoms with E-state index in [0.717, 1.165) is 51.7 Å². The molecule has 0 aromatic heterocycles. The molecule has 0 aliphatic rings. The Morgan fingerprint density at radius 2 is 1.56 bits per heavy atom. The van der Waals surface area contributed by atoms with E-state index in [1.807, 2.05) is 6.92 Å². The molecular formula is C14H24O2. The minimum Gasteiger partial charge on any atom is -0.396 e. The van der Waals surface area contributed by atoms with Gasteiger partial charge in [0.05, 0.1) is 0 Å². The summed E-state index contributed by atoms with van der Waals surface area (Å²) in [6.07, 6.45) is 15.6. The molecule has 16 heavy (non-hydrogen) atoms. The number of hydrogen-bond donors (Lipinski definition) is 1. The van der Waals surface area contributed by atoms with Crippen LogP contribution in [-0.2, 0) is 4.74 Å². The first-order valence-electron chi connectivity index (χ1n) is 5.89. The summed E-state index contributed by atoms with van der Waals surface area (Å²) < 4.78 is 5.11. The zero-order chi connectivity index (χ0) is 12.5. The quantitative estimate of drug-likeness (QED) is 0.507. The van der Waals surface area contributed by atoms with Crippen molar-refractivity contribution < 1.29 is 9.84 Å². The van der Waals surface area contributed by atoms with E-state index in [1.54, 1.807) is 0 Å². The Morgan fingerprint density at radius 3 is 2.00 bits per heavy atom. The monoisotopic (exact) mass is 224 g/mol. The molecular weight excluding hydrogens is 200 g/mol. The highest BCUT2D eigenvalue weighted by atomic mass is 16.5. The number of ether oxygens (including phenoxy) is 1. The Morgan fingerprint density at radius 1 is 1.00 bits per heavy atom. The van der Waals surface area contributed by atoms with Crippen LogP contribution in [0.25, 0.3) is 0 Å². The van der Waals surface area contributed by atoms with Crippen LogP contribution in [0.15, 0.2) is 0 Å². The summed E-state index contributed by atoms with van der Waals surface area (Å²) in [5.41, 5.74) is 0. The minimum absolute atomic E-state index is 0.266. The molecule has 2 heteroatoms. The highest BCUT2D eigenvalue weighted by Gasteiger charge is 1.84. The highest BCUT2D eigenvalue weighted by Crippen LogP contribution is 1.93.